The summed E-state index contributed by atoms with van der Waals surface area (Å²) in [6, 6.07) is 0. The second-order valence-corrected chi connectivity index (χ2v) is 7.19. The molecule has 0 heterocycles. The Morgan fingerprint density at radius 1 is 1.38 bits per heavy atom. The van der Waals surface area contributed by atoms with Gasteiger partial charge in [0.25, 0.3) is 0 Å². The zero-order chi connectivity index (χ0) is 15.5. The summed E-state index contributed by atoms with van der Waals surface area (Å²) >= 11 is 0. The minimum Gasteiger partial charge on any atom is -0.406 e. The number of phosphoric ester groups is 1. The number of aliphatic hydroxyl groups is 2. The van der Waals surface area contributed by atoms with E-state index in [-0.39, 0.29) is 37.4 Å². The highest BCUT2D eigenvalue weighted by Gasteiger charge is 2.50. The largest absolute Gasteiger partial charge is 0.529 e. The van der Waals surface area contributed by atoms with Crippen molar-refractivity contribution in [2.75, 3.05) is 19.8 Å². The normalized spacial score (nSPS) is 32.7. The first kappa shape index (κ1) is 17.0. The van der Waals surface area contributed by atoms with E-state index in [1.54, 1.807) is 19.9 Å². The molecule has 1 saturated carbocycles. The average Bonchev–Trinajstić information content (AvgIpc) is 2.81. The van der Waals surface area contributed by atoms with Gasteiger partial charge >= 0.3 is 7.82 Å². The van der Waals surface area contributed by atoms with E-state index in [9.17, 15) is 14.8 Å². The maximum absolute atomic E-state index is 12.5. The molecule has 2 aliphatic carbocycles. The van der Waals surface area contributed by atoms with Crippen LogP contribution >= 0.6 is 7.82 Å². The minimum atomic E-state index is -3.73. The Bertz CT molecular complexity index is 427. The molecule has 0 amide bonds. The fourth-order valence-electron chi connectivity index (χ4n) is 3.25. The van der Waals surface area contributed by atoms with E-state index in [0.717, 1.165) is 12.8 Å². The van der Waals surface area contributed by atoms with Gasteiger partial charge in [-0.2, -0.15) is 0 Å². The highest BCUT2D eigenvalue weighted by Crippen LogP contribution is 2.57. The number of fused-ring (bicyclic) bond motifs is 1. The molecular weight excluding hydrogens is 295 g/mol. The summed E-state index contributed by atoms with van der Waals surface area (Å²) < 4.78 is 28.3. The number of rotatable bonds is 7. The quantitative estimate of drug-likeness (QED) is 0.701. The highest BCUT2D eigenvalue weighted by molar-refractivity contribution is 7.48. The lowest BCUT2D eigenvalue weighted by molar-refractivity contribution is -0.0227. The highest BCUT2D eigenvalue weighted by atomic mass is 31.2. The fourth-order valence-corrected chi connectivity index (χ4v) is 4.53. The van der Waals surface area contributed by atoms with Crippen molar-refractivity contribution >= 4 is 7.82 Å². The Kier molecular flexibility index (Phi) is 5.49. The van der Waals surface area contributed by atoms with Crippen LogP contribution in [-0.4, -0.2) is 35.6 Å². The number of hydrogen-bond donors (Lipinski definition) is 2. The second-order valence-electron chi connectivity index (χ2n) is 5.60. The van der Waals surface area contributed by atoms with Crippen LogP contribution in [0.5, 0.6) is 0 Å². The molecule has 3 atom stereocenters. The third kappa shape index (κ3) is 3.51. The van der Waals surface area contributed by atoms with Gasteiger partial charge in [0, 0.05) is 12.5 Å². The van der Waals surface area contributed by atoms with Crippen LogP contribution in [0.4, 0.5) is 0 Å². The van der Waals surface area contributed by atoms with Crippen molar-refractivity contribution in [2.24, 2.45) is 11.8 Å². The Balaban J connectivity index is 2.25. The number of phosphoric acid groups is 1. The molecule has 0 aromatic carbocycles. The van der Waals surface area contributed by atoms with Gasteiger partial charge < -0.3 is 14.7 Å². The molecule has 2 aliphatic rings. The van der Waals surface area contributed by atoms with E-state index >= 15 is 0 Å². The van der Waals surface area contributed by atoms with E-state index < -0.39 is 13.4 Å². The SMILES string of the molecule is CCOP(=O)(OCC)OC1=C[C@@H](CO)C[C@H]2CCC[C@]12O. The van der Waals surface area contributed by atoms with Gasteiger partial charge in [0.05, 0.1) is 13.2 Å². The predicted molar refractivity (Wildman–Crippen MR) is 77.5 cm³/mol. The Morgan fingerprint density at radius 2 is 2.05 bits per heavy atom. The van der Waals surface area contributed by atoms with Gasteiger partial charge in [-0.25, -0.2) is 4.57 Å². The first-order valence-electron chi connectivity index (χ1n) is 7.61. The summed E-state index contributed by atoms with van der Waals surface area (Å²) in [5.74, 6) is 0.159. The smallest absolute Gasteiger partial charge is 0.406 e. The zero-order valence-electron chi connectivity index (χ0n) is 12.7. The van der Waals surface area contributed by atoms with E-state index in [1.807, 2.05) is 0 Å². The molecule has 0 unspecified atom stereocenters. The van der Waals surface area contributed by atoms with Crippen LogP contribution in [-0.2, 0) is 18.1 Å². The molecular formula is C14H25O6P. The van der Waals surface area contributed by atoms with E-state index in [1.165, 1.54) is 0 Å². The molecule has 1 fully saturated rings. The average molecular weight is 320 g/mol. The lowest BCUT2D eigenvalue weighted by Crippen LogP contribution is -2.41. The molecule has 0 aromatic heterocycles. The maximum Gasteiger partial charge on any atom is 0.529 e. The monoisotopic (exact) mass is 320 g/mol. The summed E-state index contributed by atoms with van der Waals surface area (Å²) in [5, 5.41) is 20.3. The lowest BCUT2D eigenvalue weighted by Gasteiger charge is -2.38. The summed E-state index contributed by atoms with van der Waals surface area (Å²) in [5.41, 5.74) is -1.12. The molecule has 6 nitrogen and oxygen atoms in total. The molecule has 0 aliphatic heterocycles. The third-order valence-electron chi connectivity index (χ3n) is 4.21. The molecule has 0 bridgehead atoms. The van der Waals surface area contributed by atoms with Gasteiger partial charge in [-0.3, -0.25) is 9.05 Å². The van der Waals surface area contributed by atoms with Gasteiger partial charge in [-0.05, 0) is 51.5 Å². The van der Waals surface area contributed by atoms with Crippen molar-refractivity contribution < 1.29 is 28.3 Å². The Labute approximate surface area is 125 Å². The lowest BCUT2D eigenvalue weighted by atomic mass is 9.77. The van der Waals surface area contributed by atoms with E-state index in [4.69, 9.17) is 13.6 Å². The molecule has 21 heavy (non-hydrogen) atoms. The molecule has 0 saturated heterocycles. The van der Waals surface area contributed by atoms with Gasteiger partial charge in [-0.1, -0.05) is 0 Å². The molecule has 7 heteroatoms. The van der Waals surface area contributed by atoms with Crippen LogP contribution in [0, 0.1) is 11.8 Å². The summed E-state index contributed by atoms with van der Waals surface area (Å²) in [6.07, 6.45) is 4.72. The van der Waals surface area contributed by atoms with Crippen molar-refractivity contribution in [2.45, 2.75) is 45.1 Å². The second kappa shape index (κ2) is 6.80. The van der Waals surface area contributed by atoms with Crippen LogP contribution in [0.15, 0.2) is 11.8 Å². The predicted octanol–water partition coefficient (Wildman–Crippen LogP) is 2.61. The van der Waals surface area contributed by atoms with Crippen LogP contribution in [0.25, 0.3) is 0 Å². The minimum absolute atomic E-state index is 0.0198. The van der Waals surface area contributed by atoms with Gasteiger partial charge in [0.2, 0.25) is 0 Å². The van der Waals surface area contributed by atoms with Gasteiger partial charge in [0.1, 0.15) is 11.4 Å². The standard InChI is InChI=1S/C14H25O6P/c1-3-18-21(17,19-4-2)20-13-9-11(10-15)8-12-6-5-7-14(12,13)16/h9,11-12,15-16H,3-8,10H2,1-2H3/t11-,12+,14+/m0/s1. The number of hydrogen-bond acceptors (Lipinski definition) is 6. The molecule has 122 valence electrons. The van der Waals surface area contributed by atoms with Crippen molar-refractivity contribution in [3.8, 4) is 0 Å². The zero-order valence-corrected chi connectivity index (χ0v) is 13.6. The van der Waals surface area contributed by atoms with Crippen LogP contribution in [0.3, 0.4) is 0 Å². The van der Waals surface area contributed by atoms with Gasteiger partial charge in [-0.15, -0.1) is 0 Å². The Morgan fingerprint density at radius 3 is 2.62 bits per heavy atom. The first-order valence-corrected chi connectivity index (χ1v) is 9.07. The molecule has 2 N–H and O–H groups in total. The van der Waals surface area contributed by atoms with Crippen LogP contribution in [0.2, 0.25) is 0 Å². The van der Waals surface area contributed by atoms with Crippen LogP contribution < -0.4 is 0 Å². The Hall–Kier alpha value is -0.390. The van der Waals surface area contributed by atoms with Crippen molar-refractivity contribution in [1.82, 2.24) is 0 Å². The summed E-state index contributed by atoms with van der Waals surface area (Å²) in [4.78, 5) is 0. The maximum atomic E-state index is 12.5. The van der Waals surface area contributed by atoms with Crippen molar-refractivity contribution in [3.05, 3.63) is 11.8 Å². The molecule has 2 rings (SSSR count). The van der Waals surface area contributed by atoms with Crippen molar-refractivity contribution in [1.29, 1.82) is 0 Å². The third-order valence-corrected chi connectivity index (χ3v) is 5.78. The van der Waals surface area contributed by atoms with Crippen LogP contribution in [0.1, 0.15) is 39.5 Å². The first-order chi connectivity index (χ1) is 9.97. The molecule has 0 radical (unpaired) electrons. The molecule has 0 spiro atoms. The van der Waals surface area contributed by atoms with E-state index in [2.05, 4.69) is 0 Å². The fraction of sp³-hybridized carbons (Fsp3) is 0.857. The van der Waals surface area contributed by atoms with E-state index in [0.29, 0.717) is 12.8 Å². The summed E-state index contributed by atoms with van der Waals surface area (Å²) in [7, 11) is -3.73. The molecule has 0 aromatic rings. The summed E-state index contributed by atoms with van der Waals surface area (Å²) in [6.45, 7) is 3.76. The number of aliphatic hydroxyl groups excluding tert-OH is 1. The topological polar surface area (TPSA) is 85.2 Å². The van der Waals surface area contributed by atoms with Crippen molar-refractivity contribution in [3.63, 3.8) is 0 Å². The van der Waals surface area contributed by atoms with Gasteiger partial charge in [0.15, 0.2) is 0 Å².